The summed E-state index contributed by atoms with van der Waals surface area (Å²) in [6.45, 7) is 5.16. The highest BCUT2D eigenvalue weighted by Gasteiger charge is 2.14. The number of benzene rings is 1. The minimum Gasteiger partial charge on any atom is -0.313 e. The first kappa shape index (κ1) is 15.9. The van der Waals surface area contributed by atoms with Gasteiger partial charge in [0.2, 0.25) is 0 Å². The maximum absolute atomic E-state index is 14.0. The van der Waals surface area contributed by atoms with Crippen LogP contribution >= 0.6 is 11.8 Å². The molecule has 1 N–H and O–H groups in total. The zero-order valence-corrected chi connectivity index (χ0v) is 12.8. The first-order valence-electron chi connectivity index (χ1n) is 6.75. The molecule has 1 aromatic heterocycles. The summed E-state index contributed by atoms with van der Waals surface area (Å²) in [6.07, 6.45) is 4.21. The molecule has 0 atom stereocenters. The molecule has 0 fully saturated rings. The fraction of sp³-hybridized carbons (Fsp3) is 0.333. The Hall–Kier alpha value is -1.53. The van der Waals surface area contributed by atoms with E-state index in [0.717, 1.165) is 30.3 Å². The van der Waals surface area contributed by atoms with Crippen molar-refractivity contribution in [2.45, 2.75) is 36.9 Å². The van der Waals surface area contributed by atoms with E-state index >= 15 is 0 Å². The number of nitrogens with zero attached hydrogens (tertiary/aromatic N) is 2. The van der Waals surface area contributed by atoms with Gasteiger partial charge in [-0.25, -0.2) is 18.7 Å². The van der Waals surface area contributed by atoms with Crippen LogP contribution in [0.5, 0.6) is 0 Å². The molecule has 1 aromatic carbocycles. The van der Waals surface area contributed by atoms with Gasteiger partial charge in [-0.05, 0) is 54.9 Å². The fourth-order valence-corrected chi connectivity index (χ4v) is 2.45. The van der Waals surface area contributed by atoms with Crippen LogP contribution in [0.15, 0.2) is 34.6 Å². The summed E-state index contributed by atoms with van der Waals surface area (Å²) in [7, 11) is 0. The van der Waals surface area contributed by atoms with Crippen LogP contribution in [-0.4, -0.2) is 16.5 Å². The van der Waals surface area contributed by atoms with Crippen molar-refractivity contribution in [1.29, 1.82) is 0 Å². The molecule has 1 heterocycles. The summed E-state index contributed by atoms with van der Waals surface area (Å²) in [4.78, 5) is 8.02. The summed E-state index contributed by atoms with van der Waals surface area (Å²) in [5, 5.41) is 3.45. The molecule has 2 aromatic rings. The number of halogens is 2. The Kier molecular flexibility index (Phi) is 5.64. The van der Waals surface area contributed by atoms with Crippen molar-refractivity contribution in [1.82, 2.24) is 15.3 Å². The highest BCUT2D eigenvalue weighted by Crippen LogP contribution is 2.30. The van der Waals surface area contributed by atoms with Crippen LogP contribution in [0.4, 0.5) is 8.78 Å². The van der Waals surface area contributed by atoms with E-state index in [1.165, 1.54) is 12.1 Å². The average molecular weight is 309 g/mol. The van der Waals surface area contributed by atoms with E-state index in [9.17, 15) is 8.78 Å². The predicted molar refractivity (Wildman–Crippen MR) is 79.2 cm³/mol. The molecule has 0 saturated heterocycles. The van der Waals surface area contributed by atoms with Gasteiger partial charge in [-0.1, -0.05) is 6.92 Å². The average Bonchev–Trinajstić information content (AvgIpc) is 2.45. The first-order valence-corrected chi connectivity index (χ1v) is 7.57. The molecule has 0 spiro atoms. The number of aromatic nitrogens is 2. The Morgan fingerprint density at radius 2 is 1.76 bits per heavy atom. The summed E-state index contributed by atoms with van der Waals surface area (Å²) in [5.74, 6) is -1.17. The van der Waals surface area contributed by atoms with Gasteiger partial charge in [0.1, 0.15) is 11.6 Å². The lowest BCUT2D eigenvalue weighted by molar-refractivity contribution is 0.534. The van der Waals surface area contributed by atoms with Gasteiger partial charge in [0.05, 0.1) is 4.90 Å². The van der Waals surface area contributed by atoms with Crippen LogP contribution in [0.25, 0.3) is 0 Å². The minimum absolute atomic E-state index is 0.0712. The van der Waals surface area contributed by atoms with Crippen molar-refractivity contribution in [3.05, 3.63) is 47.3 Å². The third-order valence-electron chi connectivity index (χ3n) is 2.76. The second kappa shape index (κ2) is 7.47. The van der Waals surface area contributed by atoms with Gasteiger partial charge in [0.25, 0.3) is 0 Å². The van der Waals surface area contributed by atoms with Gasteiger partial charge >= 0.3 is 0 Å². The molecule has 0 radical (unpaired) electrons. The van der Waals surface area contributed by atoms with Crippen LogP contribution < -0.4 is 5.32 Å². The summed E-state index contributed by atoms with van der Waals surface area (Å²) in [6, 6.07) is 2.70. The first-order chi connectivity index (χ1) is 10.1. The maximum atomic E-state index is 14.0. The molecule has 21 heavy (non-hydrogen) atoms. The second-order valence-corrected chi connectivity index (χ2v) is 5.69. The van der Waals surface area contributed by atoms with E-state index in [-0.39, 0.29) is 4.90 Å². The number of nitrogens with one attached hydrogen (secondary N) is 1. The summed E-state index contributed by atoms with van der Waals surface area (Å²) in [5.41, 5.74) is 1.49. The normalized spacial score (nSPS) is 10.9. The van der Waals surface area contributed by atoms with Crippen molar-refractivity contribution in [3.63, 3.8) is 0 Å². The molecule has 0 amide bonds. The molecule has 0 unspecified atom stereocenters. The van der Waals surface area contributed by atoms with Crippen LogP contribution in [0.2, 0.25) is 0 Å². The molecule has 112 valence electrons. The minimum atomic E-state index is -0.586. The van der Waals surface area contributed by atoms with Crippen molar-refractivity contribution >= 4 is 11.8 Å². The lowest BCUT2D eigenvalue weighted by Crippen LogP contribution is -2.14. The molecule has 0 aliphatic heterocycles. The van der Waals surface area contributed by atoms with Gasteiger partial charge in [-0.3, -0.25) is 0 Å². The van der Waals surface area contributed by atoms with Gasteiger partial charge in [0.15, 0.2) is 5.16 Å². The van der Waals surface area contributed by atoms with E-state index in [2.05, 4.69) is 15.3 Å². The number of aryl methyl sites for hydroxylation is 1. The Balaban J connectivity index is 2.14. The Morgan fingerprint density at radius 3 is 2.33 bits per heavy atom. The number of hydrogen-bond acceptors (Lipinski definition) is 4. The van der Waals surface area contributed by atoms with Crippen molar-refractivity contribution in [3.8, 4) is 0 Å². The van der Waals surface area contributed by atoms with Gasteiger partial charge < -0.3 is 5.32 Å². The third kappa shape index (κ3) is 4.47. The fourth-order valence-electron chi connectivity index (χ4n) is 1.75. The van der Waals surface area contributed by atoms with E-state index in [4.69, 9.17) is 0 Å². The topological polar surface area (TPSA) is 37.8 Å². The van der Waals surface area contributed by atoms with Gasteiger partial charge in [-0.15, -0.1) is 0 Å². The molecule has 2 rings (SSSR count). The third-order valence-corrected chi connectivity index (χ3v) is 3.75. The maximum Gasteiger partial charge on any atom is 0.192 e. The molecule has 0 saturated carbocycles. The highest BCUT2D eigenvalue weighted by atomic mass is 32.2. The predicted octanol–water partition coefficient (Wildman–Crippen LogP) is 3.71. The van der Waals surface area contributed by atoms with Crippen LogP contribution in [0.3, 0.4) is 0 Å². The van der Waals surface area contributed by atoms with Crippen LogP contribution in [0, 0.1) is 18.6 Å². The van der Waals surface area contributed by atoms with Gasteiger partial charge in [0, 0.05) is 18.9 Å². The zero-order chi connectivity index (χ0) is 15.2. The molecule has 0 aliphatic rings. The van der Waals surface area contributed by atoms with Crippen molar-refractivity contribution < 1.29 is 8.78 Å². The molecular formula is C15H17F2N3S. The van der Waals surface area contributed by atoms with E-state index in [1.807, 2.05) is 13.8 Å². The smallest absolute Gasteiger partial charge is 0.192 e. The van der Waals surface area contributed by atoms with Gasteiger partial charge in [-0.2, -0.15) is 0 Å². The monoisotopic (exact) mass is 309 g/mol. The van der Waals surface area contributed by atoms with E-state index < -0.39 is 11.6 Å². The molecular weight excluding hydrogens is 292 g/mol. The molecule has 6 heteroatoms. The van der Waals surface area contributed by atoms with Crippen molar-refractivity contribution in [2.24, 2.45) is 0 Å². The van der Waals surface area contributed by atoms with Crippen LogP contribution in [0.1, 0.15) is 24.5 Å². The lowest BCUT2D eigenvalue weighted by atomic mass is 10.2. The quantitative estimate of drug-likeness (QED) is 0.652. The van der Waals surface area contributed by atoms with Crippen LogP contribution in [-0.2, 0) is 6.54 Å². The molecule has 3 nitrogen and oxygen atoms in total. The molecule has 0 aliphatic carbocycles. The Morgan fingerprint density at radius 1 is 1.14 bits per heavy atom. The number of rotatable bonds is 6. The van der Waals surface area contributed by atoms with E-state index in [1.54, 1.807) is 12.4 Å². The number of hydrogen-bond donors (Lipinski definition) is 1. The van der Waals surface area contributed by atoms with Crippen molar-refractivity contribution in [2.75, 3.05) is 6.54 Å². The zero-order valence-electron chi connectivity index (χ0n) is 12.0. The summed E-state index contributed by atoms with van der Waals surface area (Å²) >= 11 is 0.894. The Labute approximate surface area is 127 Å². The standard InChI is InChI=1S/C15H17F2N3S/c1-3-4-18-9-11-5-12(16)14(13(17)6-11)21-15-19-7-10(2)8-20-15/h5-8,18H,3-4,9H2,1-2H3. The Bertz CT molecular complexity index is 579. The highest BCUT2D eigenvalue weighted by molar-refractivity contribution is 7.99. The lowest BCUT2D eigenvalue weighted by Gasteiger charge is -2.08. The largest absolute Gasteiger partial charge is 0.313 e. The molecule has 0 bridgehead atoms. The summed E-state index contributed by atoms with van der Waals surface area (Å²) < 4.78 is 28.1. The SMILES string of the molecule is CCCNCc1cc(F)c(Sc2ncc(C)cn2)c(F)c1. The van der Waals surface area contributed by atoms with E-state index in [0.29, 0.717) is 17.3 Å². The second-order valence-electron chi connectivity index (χ2n) is 4.71.